The summed E-state index contributed by atoms with van der Waals surface area (Å²) in [4.78, 5) is 0. The number of benzene rings is 2. The van der Waals surface area contributed by atoms with Crippen molar-refractivity contribution in [3.05, 3.63) is 59.1 Å². The molecule has 6 heteroatoms. The van der Waals surface area contributed by atoms with Gasteiger partial charge in [0.1, 0.15) is 0 Å². The van der Waals surface area contributed by atoms with Gasteiger partial charge in [-0.05, 0) is 37.3 Å². The Morgan fingerprint density at radius 3 is 2.62 bits per heavy atom. The first-order chi connectivity index (χ1) is 11.7. The smallest absolute Gasteiger partial charge is 0.196 e. The molecule has 0 atom stereocenters. The fraction of sp³-hybridized carbons (Fsp3) is 0.222. The molecule has 0 aliphatic rings. The third kappa shape index (κ3) is 3.80. The minimum atomic E-state index is 0.665. The van der Waals surface area contributed by atoms with E-state index in [9.17, 15) is 0 Å². The van der Waals surface area contributed by atoms with E-state index in [-0.39, 0.29) is 0 Å². The van der Waals surface area contributed by atoms with E-state index in [1.807, 2.05) is 36.4 Å². The number of thioether (sulfide) groups is 1. The Kier molecular flexibility index (Phi) is 5.56. The SMILES string of the molecule is COCCSc1nnc(-c2cccc(C)c2)n1-c1ccc(Cl)cc1. The van der Waals surface area contributed by atoms with Gasteiger partial charge < -0.3 is 4.74 Å². The molecular formula is C18H18ClN3OS. The summed E-state index contributed by atoms with van der Waals surface area (Å²) >= 11 is 7.65. The molecule has 1 aromatic heterocycles. The van der Waals surface area contributed by atoms with E-state index in [0.717, 1.165) is 28.0 Å². The second kappa shape index (κ2) is 7.83. The van der Waals surface area contributed by atoms with E-state index < -0.39 is 0 Å². The molecule has 0 amide bonds. The van der Waals surface area contributed by atoms with Crippen molar-refractivity contribution in [1.29, 1.82) is 0 Å². The normalized spacial score (nSPS) is 11.0. The number of hydrogen-bond acceptors (Lipinski definition) is 4. The zero-order valence-electron chi connectivity index (χ0n) is 13.6. The molecule has 0 unspecified atom stereocenters. The van der Waals surface area contributed by atoms with Crippen molar-refractivity contribution in [2.24, 2.45) is 0 Å². The molecule has 4 nitrogen and oxygen atoms in total. The maximum atomic E-state index is 6.03. The fourth-order valence-electron chi connectivity index (χ4n) is 2.37. The van der Waals surface area contributed by atoms with Crippen molar-refractivity contribution < 1.29 is 4.74 Å². The molecule has 2 aromatic carbocycles. The lowest BCUT2D eigenvalue weighted by Crippen LogP contribution is -2.01. The van der Waals surface area contributed by atoms with Gasteiger partial charge >= 0.3 is 0 Å². The maximum absolute atomic E-state index is 6.03. The van der Waals surface area contributed by atoms with Crippen molar-refractivity contribution in [3.8, 4) is 17.1 Å². The Balaban J connectivity index is 2.07. The van der Waals surface area contributed by atoms with E-state index >= 15 is 0 Å². The quantitative estimate of drug-likeness (QED) is 0.475. The second-order valence-electron chi connectivity index (χ2n) is 5.33. The number of aromatic nitrogens is 3. The molecule has 24 heavy (non-hydrogen) atoms. The van der Waals surface area contributed by atoms with Crippen LogP contribution in [0.3, 0.4) is 0 Å². The van der Waals surface area contributed by atoms with Crippen molar-refractivity contribution in [3.63, 3.8) is 0 Å². The summed E-state index contributed by atoms with van der Waals surface area (Å²) in [5.74, 6) is 1.64. The Morgan fingerprint density at radius 1 is 1.12 bits per heavy atom. The predicted octanol–water partition coefficient (Wildman–Crippen LogP) is 4.63. The van der Waals surface area contributed by atoms with Crippen LogP contribution in [0.4, 0.5) is 0 Å². The summed E-state index contributed by atoms with van der Waals surface area (Å²) in [6, 6.07) is 16.0. The highest BCUT2D eigenvalue weighted by Gasteiger charge is 2.16. The first-order valence-electron chi connectivity index (χ1n) is 7.59. The van der Waals surface area contributed by atoms with Crippen LogP contribution in [-0.4, -0.2) is 34.2 Å². The Bertz CT molecular complexity index is 817. The number of ether oxygens (including phenoxy) is 1. The number of rotatable bonds is 6. The van der Waals surface area contributed by atoms with Gasteiger partial charge in [-0.1, -0.05) is 47.1 Å². The zero-order valence-corrected chi connectivity index (χ0v) is 15.1. The van der Waals surface area contributed by atoms with E-state index in [4.69, 9.17) is 16.3 Å². The lowest BCUT2D eigenvalue weighted by molar-refractivity contribution is 0.218. The average Bonchev–Trinajstić information content (AvgIpc) is 3.00. The van der Waals surface area contributed by atoms with E-state index in [1.165, 1.54) is 5.56 Å². The molecular weight excluding hydrogens is 342 g/mol. The first kappa shape index (κ1) is 17.0. The summed E-state index contributed by atoms with van der Waals surface area (Å²) in [5.41, 5.74) is 3.21. The molecule has 0 bridgehead atoms. The minimum Gasteiger partial charge on any atom is -0.384 e. The van der Waals surface area contributed by atoms with Crippen LogP contribution in [0.2, 0.25) is 5.02 Å². The van der Waals surface area contributed by atoms with E-state index in [1.54, 1.807) is 18.9 Å². The molecule has 1 heterocycles. The van der Waals surface area contributed by atoms with Gasteiger partial charge in [-0.25, -0.2) is 0 Å². The van der Waals surface area contributed by atoms with Gasteiger partial charge in [-0.2, -0.15) is 0 Å². The highest BCUT2D eigenvalue weighted by atomic mass is 35.5. The standard InChI is InChI=1S/C18H18ClN3OS/c1-13-4-3-5-14(12-13)17-20-21-18(24-11-10-23-2)22(17)16-8-6-15(19)7-9-16/h3-9,12H,10-11H2,1-2H3. The van der Waals surface area contributed by atoms with E-state index in [2.05, 4.69) is 33.8 Å². The largest absolute Gasteiger partial charge is 0.384 e. The number of halogens is 1. The first-order valence-corrected chi connectivity index (χ1v) is 8.95. The lowest BCUT2D eigenvalue weighted by atomic mass is 10.1. The van der Waals surface area contributed by atoms with Gasteiger partial charge in [0.2, 0.25) is 0 Å². The molecule has 0 aliphatic carbocycles. The molecule has 0 radical (unpaired) electrons. The molecule has 3 aromatic rings. The molecule has 0 saturated heterocycles. The molecule has 3 rings (SSSR count). The number of hydrogen-bond donors (Lipinski definition) is 0. The van der Waals surface area contributed by atoms with Crippen molar-refractivity contribution >= 4 is 23.4 Å². The summed E-state index contributed by atoms with van der Waals surface area (Å²) in [7, 11) is 1.70. The summed E-state index contributed by atoms with van der Waals surface area (Å²) in [6.45, 7) is 2.73. The molecule has 0 spiro atoms. The van der Waals surface area contributed by atoms with Crippen molar-refractivity contribution in [2.75, 3.05) is 19.5 Å². The van der Waals surface area contributed by atoms with Crippen LogP contribution in [0.5, 0.6) is 0 Å². The predicted molar refractivity (Wildman–Crippen MR) is 99.1 cm³/mol. The fourth-order valence-corrected chi connectivity index (χ4v) is 3.35. The topological polar surface area (TPSA) is 39.9 Å². The van der Waals surface area contributed by atoms with Crippen LogP contribution in [0.1, 0.15) is 5.56 Å². The molecule has 0 aliphatic heterocycles. The minimum absolute atomic E-state index is 0.665. The van der Waals surface area contributed by atoms with Gasteiger partial charge in [-0.15, -0.1) is 10.2 Å². The van der Waals surface area contributed by atoms with Crippen LogP contribution in [0.25, 0.3) is 17.1 Å². The third-order valence-electron chi connectivity index (χ3n) is 3.51. The highest BCUT2D eigenvalue weighted by molar-refractivity contribution is 7.99. The van der Waals surface area contributed by atoms with Crippen LogP contribution < -0.4 is 0 Å². The molecule has 0 saturated carbocycles. The maximum Gasteiger partial charge on any atom is 0.196 e. The van der Waals surface area contributed by atoms with Crippen LogP contribution in [0, 0.1) is 6.92 Å². The van der Waals surface area contributed by atoms with Crippen LogP contribution in [0.15, 0.2) is 53.7 Å². The van der Waals surface area contributed by atoms with Gasteiger partial charge in [0, 0.05) is 29.1 Å². The Labute approximate surface area is 150 Å². The van der Waals surface area contributed by atoms with E-state index in [0.29, 0.717) is 11.6 Å². The van der Waals surface area contributed by atoms with Crippen molar-refractivity contribution in [1.82, 2.24) is 14.8 Å². The Hall–Kier alpha value is -1.82. The molecule has 0 fully saturated rings. The summed E-state index contributed by atoms with van der Waals surface area (Å²) in [6.07, 6.45) is 0. The van der Waals surface area contributed by atoms with Crippen LogP contribution in [-0.2, 0) is 4.74 Å². The van der Waals surface area contributed by atoms with Gasteiger partial charge in [0.25, 0.3) is 0 Å². The number of methoxy groups -OCH3 is 1. The van der Waals surface area contributed by atoms with Crippen molar-refractivity contribution in [2.45, 2.75) is 12.1 Å². The summed E-state index contributed by atoms with van der Waals surface area (Å²) in [5, 5.41) is 10.3. The number of nitrogens with zero attached hydrogens (tertiary/aromatic N) is 3. The monoisotopic (exact) mass is 359 g/mol. The lowest BCUT2D eigenvalue weighted by Gasteiger charge is -2.11. The zero-order chi connectivity index (χ0) is 16.9. The van der Waals surface area contributed by atoms with Crippen LogP contribution >= 0.6 is 23.4 Å². The summed E-state index contributed by atoms with van der Waals surface area (Å²) < 4.78 is 7.20. The third-order valence-corrected chi connectivity index (χ3v) is 4.66. The Morgan fingerprint density at radius 2 is 1.92 bits per heavy atom. The molecule has 0 N–H and O–H groups in total. The second-order valence-corrected chi connectivity index (χ2v) is 6.83. The van der Waals surface area contributed by atoms with Gasteiger partial charge in [0.15, 0.2) is 11.0 Å². The van der Waals surface area contributed by atoms with Gasteiger partial charge in [-0.3, -0.25) is 4.57 Å². The average molecular weight is 360 g/mol. The highest BCUT2D eigenvalue weighted by Crippen LogP contribution is 2.28. The molecule has 124 valence electrons. The van der Waals surface area contributed by atoms with Gasteiger partial charge in [0.05, 0.1) is 6.61 Å². The number of aryl methyl sites for hydroxylation is 1.